The third-order valence-electron chi connectivity index (χ3n) is 1.67. The molecule has 9 heavy (non-hydrogen) atoms. The van der Waals surface area contributed by atoms with Gasteiger partial charge in [0.1, 0.15) is 0 Å². The summed E-state index contributed by atoms with van der Waals surface area (Å²) in [4.78, 5) is 0. The average molecular weight is 130 g/mol. The molecule has 0 amide bonds. The van der Waals surface area contributed by atoms with E-state index in [1.54, 1.807) is 0 Å². The van der Waals surface area contributed by atoms with Gasteiger partial charge < -0.3 is 4.74 Å². The van der Waals surface area contributed by atoms with E-state index < -0.39 is 0 Å². The Kier molecular flexibility index (Phi) is 2.45. The van der Waals surface area contributed by atoms with Crippen LogP contribution in [0.5, 0.6) is 0 Å². The Morgan fingerprint density at radius 3 is 2.89 bits per heavy atom. The van der Waals surface area contributed by atoms with Crippen LogP contribution in [-0.4, -0.2) is 18.8 Å². The van der Waals surface area contributed by atoms with Gasteiger partial charge in [-0.3, -0.25) is 11.3 Å². The quantitative estimate of drug-likeness (QED) is 0.409. The highest BCUT2D eigenvalue weighted by atomic mass is 16.5. The summed E-state index contributed by atoms with van der Waals surface area (Å²) >= 11 is 0. The summed E-state index contributed by atoms with van der Waals surface area (Å²) in [6.07, 6.45) is 3.10. The number of nitrogens with one attached hydrogen (secondary N) is 1. The summed E-state index contributed by atoms with van der Waals surface area (Å²) in [5.41, 5.74) is 2.61. The molecule has 2 atom stereocenters. The highest BCUT2D eigenvalue weighted by Gasteiger charge is 2.20. The molecule has 1 rings (SSSR count). The zero-order valence-corrected chi connectivity index (χ0v) is 5.76. The second kappa shape index (κ2) is 3.15. The molecule has 3 N–H and O–H groups in total. The maximum absolute atomic E-state index is 5.46. The van der Waals surface area contributed by atoms with Crippen LogP contribution in [-0.2, 0) is 4.74 Å². The Morgan fingerprint density at radius 2 is 2.44 bits per heavy atom. The molecule has 0 aliphatic carbocycles. The van der Waals surface area contributed by atoms with Crippen molar-refractivity contribution in [3.8, 4) is 0 Å². The Labute approximate surface area is 55.5 Å². The van der Waals surface area contributed by atoms with Gasteiger partial charge in [0.25, 0.3) is 0 Å². The zero-order chi connectivity index (χ0) is 6.69. The molecule has 0 bridgehead atoms. The number of hydrazine groups is 1. The van der Waals surface area contributed by atoms with Crippen molar-refractivity contribution in [1.29, 1.82) is 0 Å². The first kappa shape index (κ1) is 6.99. The number of nitrogens with two attached hydrogens (primary N) is 1. The normalized spacial score (nSPS) is 35.3. The van der Waals surface area contributed by atoms with E-state index in [1.807, 2.05) is 0 Å². The number of hydrogen-bond donors (Lipinski definition) is 2. The van der Waals surface area contributed by atoms with Crippen LogP contribution in [0.2, 0.25) is 0 Å². The minimum Gasteiger partial charge on any atom is -0.374 e. The smallest absolute Gasteiger partial charge is 0.0717 e. The molecule has 1 aliphatic heterocycles. The van der Waals surface area contributed by atoms with Crippen LogP contribution in [0, 0.1) is 0 Å². The zero-order valence-electron chi connectivity index (χ0n) is 5.76. The minimum absolute atomic E-state index is 0.352. The predicted molar refractivity (Wildman–Crippen MR) is 35.8 cm³/mol. The van der Waals surface area contributed by atoms with Crippen molar-refractivity contribution in [2.45, 2.75) is 32.0 Å². The summed E-state index contributed by atoms with van der Waals surface area (Å²) in [5.74, 6) is 5.12. The van der Waals surface area contributed by atoms with Crippen LogP contribution in [0.15, 0.2) is 0 Å². The largest absolute Gasteiger partial charge is 0.374 e. The highest BCUT2D eigenvalue weighted by molar-refractivity contribution is 4.70. The standard InChI is InChI=1S/C6H14N2O/c1-5-2-3-6(9-5)4-8-7/h5-6,8H,2-4,7H2,1H3. The molecular weight excluding hydrogens is 116 g/mol. The minimum atomic E-state index is 0.352. The lowest BCUT2D eigenvalue weighted by Gasteiger charge is -2.08. The molecule has 3 heteroatoms. The fourth-order valence-electron chi connectivity index (χ4n) is 1.17. The first-order valence-electron chi connectivity index (χ1n) is 3.42. The van der Waals surface area contributed by atoms with E-state index in [1.165, 1.54) is 6.42 Å². The third kappa shape index (κ3) is 1.93. The summed E-state index contributed by atoms with van der Waals surface area (Å²) in [6.45, 7) is 2.88. The van der Waals surface area contributed by atoms with Crippen LogP contribution in [0.25, 0.3) is 0 Å². The van der Waals surface area contributed by atoms with Crippen molar-refractivity contribution in [3.63, 3.8) is 0 Å². The van der Waals surface area contributed by atoms with Crippen molar-refractivity contribution in [3.05, 3.63) is 0 Å². The molecule has 1 saturated heterocycles. The highest BCUT2D eigenvalue weighted by Crippen LogP contribution is 2.17. The fourth-order valence-corrected chi connectivity index (χ4v) is 1.17. The van der Waals surface area contributed by atoms with Crippen molar-refractivity contribution < 1.29 is 4.74 Å². The molecule has 2 unspecified atom stereocenters. The van der Waals surface area contributed by atoms with Crippen LogP contribution in [0.1, 0.15) is 19.8 Å². The van der Waals surface area contributed by atoms with E-state index in [2.05, 4.69) is 12.3 Å². The van der Waals surface area contributed by atoms with Crippen molar-refractivity contribution in [1.82, 2.24) is 5.43 Å². The third-order valence-corrected chi connectivity index (χ3v) is 1.67. The molecular formula is C6H14N2O. The summed E-state index contributed by atoms with van der Waals surface area (Å²) < 4.78 is 5.46. The van der Waals surface area contributed by atoms with E-state index in [9.17, 15) is 0 Å². The van der Waals surface area contributed by atoms with E-state index in [4.69, 9.17) is 10.6 Å². The molecule has 3 nitrogen and oxygen atoms in total. The molecule has 0 radical (unpaired) electrons. The fraction of sp³-hybridized carbons (Fsp3) is 1.00. The van der Waals surface area contributed by atoms with Gasteiger partial charge in [0, 0.05) is 6.54 Å². The van der Waals surface area contributed by atoms with Gasteiger partial charge in [-0.25, -0.2) is 0 Å². The Morgan fingerprint density at radius 1 is 1.67 bits per heavy atom. The van der Waals surface area contributed by atoms with E-state index >= 15 is 0 Å². The molecule has 0 saturated carbocycles. The topological polar surface area (TPSA) is 47.3 Å². The Bertz CT molecular complexity index is 85.1. The molecule has 1 fully saturated rings. The van der Waals surface area contributed by atoms with Crippen molar-refractivity contribution >= 4 is 0 Å². The second-order valence-electron chi connectivity index (χ2n) is 2.55. The van der Waals surface area contributed by atoms with E-state index in [0.717, 1.165) is 13.0 Å². The van der Waals surface area contributed by atoms with E-state index in [-0.39, 0.29) is 0 Å². The lowest BCUT2D eigenvalue weighted by molar-refractivity contribution is 0.0562. The maximum Gasteiger partial charge on any atom is 0.0717 e. The van der Waals surface area contributed by atoms with Crippen LogP contribution in [0.4, 0.5) is 0 Å². The second-order valence-corrected chi connectivity index (χ2v) is 2.55. The predicted octanol–water partition coefficient (Wildman–Crippen LogP) is 0.0172. The van der Waals surface area contributed by atoms with E-state index in [0.29, 0.717) is 12.2 Å². The van der Waals surface area contributed by atoms with Gasteiger partial charge in [-0.15, -0.1) is 0 Å². The first-order chi connectivity index (χ1) is 4.33. The lowest BCUT2D eigenvalue weighted by atomic mass is 10.2. The summed E-state index contributed by atoms with van der Waals surface area (Å²) in [6, 6.07) is 0. The monoisotopic (exact) mass is 130 g/mol. The SMILES string of the molecule is CC1CCC(CNN)O1. The molecule has 0 aromatic heterocycles. The van der Waals surface area contributed by atoms with Crippen LogP contribution in [0.3, 0.4) is 0 Å². The van der Waals surface area contributed by atoms with Gasteiger partial charge in [0.15, 0.2) is 0 Å². The number of ether oxygens (including phenoxy) is 1. The average Bonchev–Trinajstić information content (AvgIpc) is 2.17. The van der Waals surface area contributed by atoms with Gasteiger partial charge in [-0.1, -0.05) is 0 Å². The summed E-state index contributed by atoms with van der Waals surface area (Å²) in [7, 11) is 0. The Balaban J connectivity index is 2.14. The van der Waals surface area contributed by atoms with Crippen LogP contribution >= 0.6 is 0 Å². The van der Waals surface area contributed by atoms with Crippen molar-refractivity contribution in [2.75, 3.05) is 6.54 Å². The first-order valence-corrected chi connectivity index (χ1v) is 3.42. The van der Waals surface area contributed by atoms with Gasteiger partial charge >= 0.3 is 0 Å². The molecule has 1 heterocycles. The molecule has 0 spiro atoms. The van der Waals surface area contributed by atoms with Gasteiger partial charge in [0.2, 0.25) is 0 Å². The van der Waals surface area contributed by atoms with Gasteiger partial charge in [-0.05, 0) is 19.8 Å². The maximum atomic E-state index is 5.46. The number of rotatable bonds is 2. The molecule has 1 aliphatic rings. The van der Waals surface area contributed by atoms with Gasteiger partial charge in [0.05, 0.1) is 12.2 Å². The van der Waals surface area contributed by atoms with Crippen LogP contribution < -0.4 is 11.3 Å². The van der Waals surface area contributed by atoms with Gasteiger partial charge in [-0.2, -0.15) is 0 Å². The van der Waals surface area contributed by atoms with Crippen molar-refractivity contribution in [2.24, 2.45) is 5.84 Å². The molecule has 54 valence electrons. The summed E-state index contributed by atoms with van der Waals surface area (Å²) in [5, 5.41) is 0. The Hall–Kier alpha value is -0.120. The lowest BCUT2D eigenvalue weighted by Crippen LogP contribution is -2.31. The molecule has 0 aromatic carbocycles. The molecule has 0 aromatic rings. The number of hydrogen-bond acceptors (Lipinski definition) is 3.